The van der Waals surface area contributed by atoms with Crippen molar-refractivity contribution in [2.24, 2.45) is 5.92 Å². The summed E-state index contributed by atoms with van der Waals surface area (Å²) in [6.07, 6.45) is 0. The molecule has 0 saturated heterocycles. The first-order valence-corrected chi connectivity index (χ1v) is 7.66. The minimum atomic E-state index is -4.10. The predicted octanol–water partition coefficient (Wildman–Crippen LogP) is 1.34. The molecule has 0 aliphatic rings. The summed E-state index contributed by atoms with van der Waals surface area (Å²) in [6.45, 7) is 4.34. The summed E-state index contributed by atoms with van der Waals surface area (Å²) in [5.41, 5.74) is -0.864. The second-order valence-electron chi connectivity index (χ2n) is 4.98. The van der Waals surface area contributed by atoms with Crippen LogP contribution in [0.3, 0.4) is 0 Å². The molecule has 0 aliphatic carbocycles. The van der Waals surface area contributed by atoms with E-state index in [1.165, 1.54) is 6.92 Å². The van der Waals surface area contributed by atoms with Gasteiger partial charge in [0, 0.05) is 12.1 Å². The maximum absolute atomic E-state index is 13.4. The fraction of sp³-hybridized carbons (Fsp3) is 0.500. The lowest BCUT2D eigenvalue weighted by molar-refractivity contribution is -0.387. The van der Waals surface area contributed by atoms with Crippen LogP contribution in [0.4, 0.5) is 10.1 Å². The van der Waals surface area contributed by atoms with E-state index in [4.69, 9.17) is 5.11 Å². The van der Waals surface area contributed by atoms with Gasteiger partial charge in [-0.3, -0.25) is 10.1 Å². The van der Waals surface area contributed by atoms with Crippen molar-refractivity contribution in [1.82, 2.24) is 4.72 Å². The maximum atomic E-state index is 13.4. The first-order valence-electron chi connectivity index (χ1n) is 6.18. The highest BCUT2D eigenvalue weighted by atomic mass is 32.2. The molecule has 0 radical (unpaired) electrons. The van der Waals surface area contributed by atoms with Gasteiger partial charge >= 0.3 is 5.69 Å². The topological polar surface area (TPSA) is 110 Å². The van der Waals surface area contributed by atoms with Crippen molar-refractivity contribution in [2.45, 2.75) is 31.7 Å². The third-order valence-electron chi connectivity index (χ3n) is 3.04. The molecule has 1 atom stereocenters. The van der Waals surface area contributed by atoms with E-state index in [0.29, 0.717) is 6.07 Å². The summed E-state index contributed by atoms with van der Waals surface area (Å²) in [6, 6.07) is 0.746. The standard InChI is InChI=1S/C12H17FN2O5S/c1-7(2)10(6-16)14-21(19,20)12-5-11(15(17)18)9(13)4-8(12)3/h4-5,7,10,14,16H,6H2,1-3H3/t10-/m1/s1. The molecule has 7 nitrogen and oxygen atoms in total. The largest absolute Gasteiger partial charge is 0.395 e. The molecular weight excluding hydrogens is 303 g/mol. The van der Waals surface area contributed by atoms with Crippen molar-refractivity contribution in [1.29, 1.82) is 0 Å². The molecule has 0 saturated carbocycles. The van der Waals surface area contributed by atoms with Gasteiger partial charge in [-0.15, -0.1) is 0 Å². The summed E-state index contributed by atoms with van der Waals surface area (Å²) in [7, 11) is -4.10. The highest BCUT2D eigenvalue weighted by Gasteiger charge is 2.27. The van der Waals surface area contributed by atoms with Crippen molar-refractivity contribution in [3.05, 3.63) is 33.6 Å². The van der Waals surface area contributed by atoms with Gasteiger partial charge in [0.05, 0.1) is 16.4 Å². The molecular formula is C12H17FN2O5S. The number of hydrogen-bond donors (Lipinski definition) is 2. The Morgan fingerprint density at radius 3 is 2.43 bits per heavy atom. The lowest BCUT2D eigenvalue weighted by Crippen LogP contribution is -2.41. The van der Waals surface area contributed by atoms with E-state index < -0.39 is 39.1 Å². The molecule has 0 bridgehead atoms. The Kier molecular flexibility index (Phi) is 5.37. The number of aliphatic hydroxyl groups is 1. The fourth-order valence-corrected chi connectivity index (χ4v) is 3.34. The van der Waals surface area contributed by atoms with E-state index in [1.54, 1.807) is 13.8 Å². The number of nitrogens with zero attached hydrogens (tertiary/aromatic N) is 1. The SMILES string of the molecule is Cc1cc(F)c([N+](=O)[O-])cc1S(=O)(=O)N[C@H](CO)C(C)C. The zero-order valence-corrected chi connectivity index (χ0v) is 12.6. The Labute approximate surface area is 122 Å². The summed E-state index contributed by atoms with van der Waals surface area (Å²) in [5, 5.41) is 19.9. The Morgan fingerprint density at radius 2 is 2.00 bits per heavy atom. The van der Waals surface area contributed by atoms with E-state index in [1.807, 2.05) is 0 Å². The number of nitro benzene ring substituents is 1. The molecule has 0 amide bonds. The van der Waals surface area contributed by atoms with Crippen LogP contribution in [-0.4, -0.2) is 31.1 Å². The van der Waals surface area contributed by atoms with Gasteiger partial charge in [-0.2, -0.15) is 4.39 Å². The molecule has 1 aromatic rings. The number of halogens is 1. The third-order valence-corrected chi connectivity index (χ3v) is 4.67. The summed E-state index contributed by atoms with van der Waals surface area (Å²) in [4.78, 5) is 9.34. The monoisotopic (exact) mass is 320 g/mol. The Balaban J connectivity index is 3.31. The van der Waals surface area contributed by atoms with Gasteiger partial charge < -0.3 is 5.11 Å². The van der Waals surface area contributed by atoms with Gasteiger partial charge in [0.1, 0.15) is 0 Å². The number of nitro groups is 1. The van der Waals surface area contributed by atoms with Crippen LogP contribution in [-0.2, 0) is 10.0 Å². The highest BCUT2D eigenvalue weighted by Crippen LogP contribution is 2.25. The number of rotatable bonds is 6. The molecule has 0 aliphatic heterocycles. The lowest BCUT2D eigenvalue weighted by Gasteiger charge is -2.20. The van der Waals surface area contributed by atoms with Crippen LogP contribution in [0.25, 0.3) is 0 Å². The van der Waals surface area contributed by atoms with Gasteiger partial charge in [-0.25, -0.2) is 13.1 Å². The Bertz CT molecular complexity index is 645. The van der Waals surface area contributed by atoms with Crippen molar-refractivity contribution in [3.8, 4) is 0 Å². The van der Waals surface area contributed by atoms with E-state index in [2.05, 4.69) is 4.72 Å². The van der Waals surface area contributed by atoms with Crippen LogP contribution in [0, 0.1) is 28.8 Å². The first-order chi connectivity index (χ1) is 9.60. The number of benzene rings is 1. The molecule has 0 aromatic heterocycles. The molecule has 2 N–H and O–H groups in total. The van der Waals surface area contributed by atoms with Crippen LogP contribution in [0.5, 0.6) is 0 Å². The van der Waals surface area contributed by atoms with Gasteiger partial charge in [0.15, 0.2) is 0 Å². The molecule has 1 rings (SSSR count). The third kappa shape index (κ3) is 3.96. The maximum Gasteiger partial charge on any atom is 0.306 e. The van der Waals surface area contributed by atoms with Gasteiger partial charge in [-0.1, -0.05) is 13.8 Å². The molecule has 21 heavy (non-hydrogen) atoms. The minimum Gasteiger partial charge on any atom is -0.395 e. The summed E-state index contributed by atoms with van der Waals surface area (Å²) >= 11 is 0. The van der Waals surface area contributed by atoms with Crippen LogP contribution >= 0.6 is 0 Å². The highest BCUT2D eigenvalue weighted by molar-refractivity contribution is 7.89. The number of hydrogen-bond acceptors (Lipinski definition) is 5. The number of aliphatic hydroxyl groups excluding tert-OH is 1. The molecule has 0 spiro atoms. The van der Waals surface area contributed by atoms with Crippen LogP contribution in [0.1, 0.15) is 19.4 Å². The lowest BCUT2D eigenvalue weighted by atomic mass is 10.1. The summed E-state index contributed by atoms with van der Waals surface area (Å²) < 4.78 is 40.2. The van der Waals surface area contributed by atoms with Gasteiger partial charge in [0.2, 0.25) is 15.8 Å². The smallest absolute Gasteiger partial charge is 0.306 e. The molecule has 0 heterocycles. The van der Waals surface area contributed by atoms with Crippen molar-refractivity contribution < 1.29 is 22.8 Å². The predicted molar refractivity (Wildman–Crippen MR) is 73.8 cm³/mol. The van der Waals surface area contributed by atoms with E-state index in [9.17, 15) is 22.9 Å². The van der Waals surface area contributed by atoms with E-state index in [-0.39, 0.29) is 16.4 Å². The van der Waals surface area contributed by atoms with Crippen molar-refractivity contribution in [3.63, 3.8) is 0 Å². The van der Waals surface area contributed by atoms with E-state index >= 15 is 0 Å². The van der Waals surface area contributed by atoms with Crippen LogP contribution in [0.2, 0.25) is 0 Å². The second-order valence-corrected chi connectivity index (χ2v) is 6.66. The first kappa shape index (κ1) is 17.5. The van der Waals surface area contributed by atoms with Crippen molar-refractivity contribution >= 4 is 15.7 Å². The van der Waals surface area contributed by atoms with E-state index in [0.717, 1.165) is 6.07 Å². The average Bonchev–Trinajstić information content (AvgIpc) is 2.34. The average molecular weight is 320 g/mol. The van der Waals surface area contributed by atoms with Gasteiger partial charge in [0.25, 0.3) is 0 Å². The molecule has 118 valence electrons. The number of aryl methyl sites for hydroxylation is 1. The molecule has 0 fully saturated rings. The minimum absolute atomic E-state index is 0.0473. The Morgan fingerprint density at radius 1 is 1.43 bits per heavy atom. The zero-order chi connectivity index (χ0) is 16.4. The molecule has 0 unspecified atom stereocenters. The van der Waals surface area contributed by atoms with Crippen LogP contribution in [0.15, 0.2) is 17.0 Å². The summed E-state index contributed by atoms with van der Waals surface area (Å²) in [5.74, 6) is -1.28. The van der Waals surface area contributed by atoms with Crippen LogP contribution < -0.4 is 4.72 Å². The molecule has 1 aromatic carbocycles. The quantitative estimate of drug-likeness (QED) is 0.607. The normalized spacial score (nSPS) is 13.4. The zero-order valence-electron chi connectivity index (χ0n) is 11.8. The number of sulfonamides is 1. The second kappa shape index (κ2) is 6.46. The van der Waals surface area contributed by atoms with Crippen molar-refractivity contribution in [2.75, 3.05) is 6.61 Å². The Hall–Kier alpha value is -1.58. The number of nitrogens with one attached hydrogen (secondary N) is 1. The fourth-order valence-electron chi connectivity index (χ4n) is 1.72. The van der Waals surface area contributed by atoms with Gasteiger partial charge in [-0.05, 0) is 24.5 Å². The molecule has 9 heteroatoms.